The van der Waals surface area contributed by atoms with Gasteiger partial charge in [-0.2, -0.15) is 0 Å². The number of carbonyl (C=O) groups excluding carboxylic acids is 1. The van der Waals surface area contributed by atoms with Gasteiger partial charge in [0.1, 0.15) is 0 Å². The molecule has 0 spiro atoms. The predicted octanol–water partition coefficient (Wildman–Crippen LogP) is 1.90. The zero-order chi connectivity index (χ0) is 9.84. The van der Waals surface area contributed by atoms with Crippen LogP contribution in [0.2, 0.25) is 0 Å². The van der Waals surface area contributed by atoms with E-state index in [9.17, 15) is 9.18 Å². The van der Waals surface area contributed by atoms with Crippen LogP contribution in [0.3, 0.4) is 0 Å². The minimum Gasteiger partial charge on any atom is -0.464 e. The summed E-state index contributed by atoms with van der Waals surface area (Å²) in [6, 6.07) is 2.69. The Morgan fingerprint density at radius 3 is 2.92 bits per heavy atom. The topological polar surface area (TPSA) is 39.2 Å². The maximum absolute atomic E-state index is 13.0. The van der Waals surface area contributed by atoms with E-state index in [0.29, 0.717) is 11.0 Å². The lowest BCUT2D eigenvalue weighted by atomic mass is 10.3. The molecule has 0 unspecified atom stereocenters. The standard InChI is InChI=1S/C8H7BrFNO2/c1-13-8(12)7-6(10)3-2-5(4-9)11-7/h2-3H,4H2,1H3. The largest absolute Gasteiger partial charge is 0.464 e. The van der Waals surface area contributed by atoms with Crippen molar-refractivity contribution in [1.29, 1.82) is 0 Å². The summed E-state index contributed by atoms with van der Waals surface area (Å²) in [7, 11) is 1.18. The van der Waals surface area contributed by atoms with Crippen molar-refractivity contribution in [3.8, 4) is 0 Å². The van der Waals surface area contributed by atoms with Gasteiger partial charge >= 0.3 is 5.97 Å². The van der Waals surface area contributed by atoms with Crippen LogP contribution in [-0.2, 0) is 10.1 Å². The Morgan fingerprint density at radius 1 is 1.69 bits per heavy atom. The summed E-state index contributed by atoms with van der Waals surface area (Å²) in [5.74, 6) is -1.43. The van der Waals surface area contributed by atoms with Gasteiger partial charge in [0.25, 0.3) is 0 Å². The molecule has 0 fully saturated rings. The zero-order valence-corrected chi connectivity index (χ0v) is 8.47. The van der Waals surface area contributed by atoms with Crippen molar-refractivity contribution in [3.05, 3.63) is 29.3 Å². The van der Waals surface area contributed by atoms with Gasteiger partial charge < -0.3 is 4.74 Å². The molecule has 0 aliphatic carbocycles. The number of hydrogen-bond acceptors (Lipinski definition) is 3. The van der Waals surface area contributed by atoms with E-state index in [1.807, 2.05) is 0 Å². The number of methoxy groups -OCH3 is 1. The van der Waals surface area contributed by atoms with Gasteiger partial charge in [0.2, 0.25) is 0 Å². The smallest absolute Gasteiger partial charge is 0.359 e. The van der Waals surface area contributed by atoms with Crippen LogP contribution in [0.1, 0.15) is 16.2 Å². The maximum atomic E-state index is 13.0. The number of carbonyl (C=O) groups is 1. The molecule has 0 bridgehead atoms. The Bertz CT molecular complexity index is 330. The molecule has 1 rings (SSSR count). The van der Waals surface area contributed by atoms with Gasteiger partial charge in [-0.3, -0.25) is 0 Å². The fraction of sp³-hybridized carbons (Fsp3) is 0.250. The Hall–Kier alpha value is -0.970. The molecule has 70 valence electrons. The Labute approximate surface area is 83.1 Å². The number of esters is 1. The van der Waals surface area contributed by atoms with Gasteiger partial charge in [0.05, 0.1) is 12.8 Å². The van der Waals surface area contributed by atoms with Crippen LogP contribution in [0.5, 0.6) is 0 Å². The van der Waals surface area contributed by atoms with Crippen LogP contribution in [0.4, 0.5) is 4.39 Å². The van der Waals surface area contributed by atoms with Gasteiger partial charge in [-0.1, -0.05) is 15.9 Å². The van der Waals surface area contributed by atoms with Gasteiger partial charge in [0, 0.05) is 5.33 Å². The minimum absolute atomic E-state index is 0.278. The number of ether oxygens (including phenoxy) is 1. The van der Waals surface area contributed by atoms with Crippen LogP contribution >= 0.6 is 15.9 Å². The molecule has 0 N–H and O–H groups in total. The number of nitrogens with zero attached hydrogens (tertiary/aromatic N) is 1. The number of halogens is 2. The third kappa shape index (κ3) is 2.24. The quantitative estimate of drug-likeness (QED) is 0.592. The first-order valence-corrected chi connectivity index (χ1v) is 4.61. The van der Waals surface area contributed by atoms with Gasteiger partial charge in [-0.15, -0.1) is 0 Å². The van der Waals surface area contributed by atoms with Crippen LogP contribution in [0.25, 0.3) is 0 Å². The fourth-order valence-electron chi connectivity index (χ4n) is 0.797. The summed E-state index contributed by atoms with van der Waals surface area (Å²) in [6.07, 6.45) is 0. The molecule has 0 aliphatic rings. The first kappa shape index (κ1) is 10.1. The van der Waals surface area contributed by atoms with Crippen molar-refractivity contribution in [2.45, 2.75) is 5.33 Å². The summed E-state index contributed by atoms with van der Waals surface area (Å²) in [5.41, 5.74) is 0.307. The monoisotopic (exact) mass is 247 g/mol. The minimum atomic E-state index is -0.764. The molecule has 1 heterocycles. The van der Waals surface area contributed by atoms with Gasteiger partial charge in [-0.05, 0) is 12.1 Å². The third-order valence-corrected chi connectivity index (χ3v) is 1.99. The molecule has 0 saturated carbocycles. The van der Waals surface area contributed by atoms with Crippen LogP contribution in [-0.4, -0.2) is 18.1 Å². The van der Waals surface area contributed by atoms with E-state index in [-0.39, 0.29) is 5.69 Å². The Kier molecular flexibility index (Phi) is 3.36. The van der Waals surface area contributed by atoms with Gasteiger partial charge in [-0.25, -0.2) is 14.2 Å². The van der Waals surface area contributed by atoms with Crippen LogP contribution in [0.15, 0.2) is 12.1 Å². The molecule has 0 radical (unpaired) electrons. The highest BCUT2D eigenvalue weighted by atomic mass is 79.9. The number of hydrogen-bond donors (Lipinski definition) is 0. The maximum Gasteiger partial charge on any atom is 0.359 e. The molecule has 0 aliphatic heterocycles. The average Bonchev–Trinajstić information content (AvgIpc) is 2.17. The van der Waals surface area contributed by atoms with E-state index < -0.39 is 11.8 Å². The van der Waals surface area contributed by atoms with Crippen molar-refractivity contribution in [2.24, 2.45) is 0 Å². The summed E-state index contributed by atoms with van der Waals surface area (Å²) in [6.45, 7) is 0. The molecular formula is C8H7BrFNO2. The SMILES string of the molecule is COC(=O)c1nc(CBr)ccc1F. The zero-order valence-electron chi connectivity index (χ0n) is 6.88. The van der Waals surface area contributed by atoms with E-state index in [4.69, 9.17) is 0 Å². The highest BCUT2D eigenvalue weighted by Crippen LogP contribution is 2.09. The van der Waals surface area contributed by atoms with E-state index >= 15 is 0 Å². The molecule has 0 amide bonds. The van der Waals surface area contributed by atoms with Crippen molar-refractivity contribution in [1.82, 2.24) is 4.98 Å². The molecular weight excluding hydrogens is 241 g/mol. The summed E-state index contributed by atoms with van der Waals surface area (Å²) >= 11 is 3.15. The normalized spacial score (nSPS) is 9.77. The highest BCUT2D eigenvalue weighted by Gasteiger charge is 2.13. The molecule has 0 saturated heterocycles. The average molecular weight is 248 g/mol. The summed E-state index contributed by atoms with van der Waals surface area (Å²) in [5, 5.41) is 0.470. The molecule has 13 heavy (non-hydrogen) atoms. The van der Waals surface area contributed by atoms with Gasteiger partial charge in [0.15, 0.2) is 11.5 Å². The van der Waals surface area contributed by atoms with E-state index in [0.717, 1.165) is 0 Å². The first-order valence-electron chi connectivity index (χ1n) is 3.48. The highest BCUT2D eigenvalue weighted by molar-refractivity contribution is 9.08. The lowest BCUT2D eigenvalue weighted by Gasteiger charge is -2.01. The summed E-state index contributed by atoms with van der Waals surface area (Å²) in [4.78, 5) is 14.7. The lowest BCUT2D eigenvalue weighted by molar-refractivity contribution is 0.0588. The van der Waals surface area contributed by atoms with E-state index in [1.165, 1.54) is 19.2 Å². The van der Waals surface area contributed by atoms with Crippen molar-refractivity contribution < 1.29 is 13.9 Å². The molecule has 5 heteroatoms. The second kappa shape index (κ2) is 4.32. The number of alkyl halides is 1. The molecule has 0 aromatic carbocycles. The van der Waals surface area contributed by atoms with E-state index in [1.54, 1.807) is 0 Å². The Balaban J connectivity index is 3.11. The van der Waals surface area contributed by atoms with Crippen molar-refractivity contribution in [3.63, 3.8) is 0 Å². The lowest BCUT2D eigenvalue weighted by Crippen LogP contribution is -2.08. The van der Waals surface area contributed by atoms with Crippen LogP contribution < -0.4 is 0 Å². The number of rotatable bonds is 2. The Morgan fingerprint density at radius 2 is 2.38 bits per heavy atom. The summed E-state index contributed by atoms with van der Waals surface area (Å²) < 4.78 is 17.3. The number of pyridine rings is 1. The third-order valence-electron chi connectivity index (χ3n) is 1.42. The predicted molar refractivity (Wildman–Crippen MR) is 48.2 cm³/mol. The second-order valence-corrected chi connectivity index (χ2v) is 2.82. The van der Waals surface area contributed by atoms with Crippen molar-refractivity contribution in [2.75, 3.05) is 7.11 Å². The molecule has 1 aromatic heterocycles. The number of aromatic nitrogens is 1. The molecule has 0 atom stereocenters. The fourth-order valence-corrected chi connectivity index (χ4v) is 1.11. The van der Waals surface area contributed by atoms with E-state index in [2.05, 4.69) is 25.7 Å². The first-order chi connectivity index (χ1) is 6.19. The molecule has 3 nitrogen and oxygen atoms in total. The van der Waals surface area contributed by atoms with Crippen LogP contribution in [0, 0.1) is 5.82 Å². The molecule has 1 aromatic rings. The van der Waals surface area contributed by atoms with Crippen molar-refractivity contribution >= 4 is 21.9 Å². The second-order valence-electron chi connectivity index (χ2n) is 2.26.